The summed E-state index contributed by atoms with van der Waals surface area (Å²) in [4.78, 5) is 48.2. The van der Waals surface area contributed by atoms with Crippen LogP contribution in [0.5, 0.6) is 0 Å². The standard InChI is InChI=1S/C36H48NO8.CH4/c1-5-7-25-42-33(38)21-15-29-13-19-32(20-14-29)36(41)45-28-10-24-37(3,4)23-9-27-43-34(39)22-16-30-11-17-31(18-12-30)35(40)44-26-8-6-2;/h11-22H,5-10,23-28H2,1-4H3;1H4/q+1;/b21-15+,22-16+;. The van der Waals surface area contributed by atoms with E-state index in [9.17, 15) is 19.2 Å². The van der Waals surface area contributed by atoms with E-state index < -0.39 is 11.9 Å². The van der Waals surface area contributed by atoms with Gasteiger partial charge in [-0.05, 0) is 60.4 Å². The maximum absolute atomic E-state index is 12.4. The summed E-state index contributed by atoms with van der Waals surface area (Å²) < 4.78 is 21.7. The Balaban J connectivity index is 0.0000106. The molecule has 0 spiro atoms. The van der Waals surface area contributed by atoms with Crippen molar-refractivity contribution in [3.05, 3.63) is 82.9 Å². The molecule has 2 aromatic rings. The zero-order valence-electron chi connectivity index (χ0n) is 27.1. The molecule has 9 nitrogen and oxygen atoms in total. The van der Waals surface area contributed by atoms with Gasteiger partial charge in [-0.3, -0.25) is 0 Å². The van der Waals surface area contributed by atoms with Crippen LogP contribution in [0.4, 0.5) is 0 Å². The quantitative estimate of drug-likeness (QED) is 0.0507. The van der Waals surface area contributed by atoms with Crippen molar-refractivity contribution in [1.82, 2.24) is 0 Å². The average Bonchev–Trinajstić information content (AvgIpc) is 3.03. The zero-order chi connectivity index (χ0) is 32.9. The Labute approximate surface area is 274 Å². The average molecular weight is 639 g/mol. The van der Waals surface area contributed by atoms with Gasteiger partial charge in [-0.2, -0.15) is 0 Å². The molecule has 0 heterocycles. The van der Waals surface area contributed by atoms with Crippen LogP contribution in [-0.4, -0.2) is 82.0 Å². The van der Waals surface area contributed by atoms with Crippen LogP contribution in [0.1, 0.15) is 91.6 Å². The molecular formula is C37H52NO8+. The van der Waals surface area contributed by atoms with E-state index in [2.05, 4.69) is 14.1 Å². The third kappa shape index (κ3) is 16.7. The van der Waals surface area contributed by atoms with Gasteiger partial charge in [0.25, 0.3) is 0 Å². The van der Waals surface area contributed by atoms with Crippen LogP contribution >= 0.6 is 0 Å². The third-order valence-electron chi connectivity index (χ3n) is 6.88. The van der Waals surface area contributed by atoms with Gasteiger partial charge in [0.1, 0.15) is 0 Å². The molecule has 2 aromatic carbocycles. The topological polar surface area (TPSA) is 105 Å². The molecule has 0 saturated carbocycles. The van der Waals surface area contributed by atoms with Crippen molar-refractivity contribution >= 4 is 36.0 Å². The summed E-state index contributed by atoms with van der Waals surface area (Å²) in [5, 5.41) is 0. The number of benzene rings is 2. The number of rotatable bonds is 20. The highest BCUT2D eigenvalue weighted by atomic mass is 16.5. The van der Waals surface area contributed by atoms with E-state index >= 15 is 0 Å². The van der Waals surface area contributed by atoms with Crippen LogP contribution in [0.15, 0.2) is 60.7 Å². The van der Waals surface area contributed by atoms with E-state index in [-0.39, 0.29) is 19.4 Å². The number of nitrogens with zero attached hydrogens (tertiary/aromatic N) is 1. The summed E-state index contributed by atoms with van der Waals surface area (Å²) in [6.07, 6.45) is 11.0. The van der Waals surface area contributed by atoms with Gasteiger partial charge in [0.05, 0.1) is 64.7 Å². The molecular weight excluding hydrogens is 586 g/mol. The Kier molecular flexibility index (Phi) is 19.3. The van der Waals surface area contributed by atoms with Crippen molar-refractivity contribution < 1.29 is 42.6 Å². The largest absolute Gasteiger partial charge is 0.463 e. The highest BCUT2D eigenvalue weighted by molar-refractivity contribution is 5.91. The molecule has 46 heavy (non-hydrogen) atoms. The van der Waals surface area contributed by atoms with Gasteiger partial charge < -0.3 is 23.4 Å². The first-order valence-corrected chi connectivity index (χ1v) is 15.7. The Bertz CT molecular complexity index is 1260. The lowest BCUT2D eigenvalue weighted by Gasteiger charge is -2.29. The van der Waals surface area contributed by atoms with E-state index in [4.69, 9.17) is 18.9 Å². The van der Waals surface area contributed by atoms with Crippen molar-refractivity contribution in [3.63, 3.8) is 0 Å². The minimum Gasteiger partial charge on any atom is -0.463 e. The maximum Gasteiger partial charge on any atom is 0.338 e. The van der Waals surface area contributed by atoms with Gasteiger partial charge in [0.15, 0.2) is 0 Å². The Hall–Kier alpha value is -4.24. The minimum atomic E-state index is -0.427. The molecule has 0 saturated heterocycles. The molecule has 0 amide bonds. The fourth-order valence-electron chi connectivity index (χ4n) is 4.11. The molecule has 0 aliphatic carbocycles. The number of ether oxygens (including phenoxy) is 4. The second-order valence-electron chi connectivity index (χ2n) is 11.3. The van der Waals surface area contributed by atoms with E-state index in [0.717, 1.165) is 49.9 Å². The van der Waals surface area contributed by atoms with Crippen LogP contribution in [0.2, 0.25) is 0 Å². The molecule has 252 valence electrons. The predicted octanol–water partition coefficient (Wildman–Crippen LogP) is 6.91. The lowest BCUT2D eigenvalue weighted by atomic mass is 10.1. The van der Waals surface area contributed by atoms with Crippen LogP contribution in [-0.2, 0) is 28.5 Å². The van der Waals surface area contributed by atoms with Crippen molar-refractivity contribution in [3.8, 4) is 0 Å². The van der Waals surface area contributed by atoms with Gasteiger partial charge in [-0.25, -0.2) is 19.2 Å². The second kappa shape index (κ2) is 22.3. The van der Waals surface area contributed by atoms with Crippen LogP contribution < -0.4 is 0 Å². The Morgan fingerprint density at radius 3 is 1.30 bits per heavy atom. The van der Waals surface area contributed by atoms with E-state index in [1.807, 2.05) is 13.8 Å². The summed E-state index contributed by atoms with van der Waals surface area (Å²) in [5.74, 6) is -1.55. The normalized spacial score (nSPS) is 11.2. The molecule has 0 aliphatic rings. The summed E-state index contributed by atoms with van der Waals surface area (Å²) in [7, 11) is 4.16. The number of unbranched alkanes of at least 4 members (excludes halogenated alkanes) is 2. The SMILES string of the molecule is C.CCCCOC(=O)/C=C/c1ccc(C(=O)OCCC[N+](C)(C)CCCOC(=O)/C=C/c2ccc(C(=O)OCCCC)cc2)cc1. The lowest BCUT2D eigenvalue weighted by molar-refractivity contribution is -0.890. The lowest BCUT2D eigenvalue weighted by Crippen LogP contribution is -2.42. The summed E-state index contributed by atoms with van der Waals surface area (Å²) in [6, 6.07) is 13.7. The van der Waals surface area contributed by atoms with Crippen LogP contribution in [0, 0.1) is 0 Å². The molecule has 9 heteroatoms. The Morgan fingerprint density at radius 1 is 0.565 bits per heavy atom. The third-order valence-corrected chi connectivity index (χ3v) is 6.88. The number of esters is 4. The molecule has 0 unspecified atom stereocenters. The molecule has 0 fully saturated rings. The van der Waals surface area contributed by atoms with Crippen LogP contribution in [0.3, 0.4) is 0 Å². The summed E-state index contributed by atoms with van der Waals surface area (Å²) >= 11 is 0. The highest BCUT2D eigenvalue weighted by Crippen LogP contribution is 2.10. The minimum absolute atomic E-state index is 0. The first-order chi connectivity index (χ1) is 21.6. The number of carbonyl (C=O) groups is 4. The zero-order valence-corrected chi connectivity index (χ0v) is 27.1. The van der Waals surface area contributed by atoms with Gasteiger partial charge in [0.2, 0.25) is 0 Å². The molecule has 0 aliphatic heterocycles. The van der Waals surface area contributed by atoms with Crippen molar-refractivity contribution in [2.24, 2.45) is 0 Å². The van der Waals surface area contributed by atoms with E-state index in [1.54, 1.807) is 60.7 Å². The second-order valence-corrected chi connectivity index (χ2v) is 11.3. The monoisotopic (exact) mass is 638 g/mol. The molecule has 0 N–H and O–H groups in total. The first kappa shape index (κ1) is 39.8. The van der Waals surface area contributed by atoms with Crippen molar-refractivity contribution in [2.75, 3.05) is 53.6 Å². The number of hydrogen-bond acceptors (Lipinski definition) is 8. The van der Waals surface area contributed by atoms with Crippen molar-refractivity contribution in [2.45, 2.75) is 59.8 Å². The fourth-order valence-corrected chi connectivity index (χ4v) is 4.11. The number of quaternary nitrogens is 1. The maximum atomic E-state index is 12.4. The highest BCUT2D eigenvalue weighted by Gasteiger charge is 2.16. The summed E-state index contributed by atoms with van der Waals surface area (Å²) in [5.41, 5.74) is 2.49. The van der Waals surface area contributed by atoms with Crippen LogP contribution in [0.25, 0.3) is 12.2 Å². The first-order valence-electron chi connectivity index (χ1n) is 15.7. The number of hydrogen-bond donors (Lipinski definition) is 0. The van der Waals surface area contributed by atoms with E-state index in [1.165, 1.54) is 12.2 Å². The molecule has 0 bridgehead atoms. The van der Waals surface area contributed by atoms with Crippen molar-refractivity contribution in [1.29, 1.82) is 0 Å². The van der Waals surface area contributed by atoms with Gasteiger partial charge in [-0.1, -0.05) is 58.4 Å². The van der Waals surface area contributed by atoms with Gasteiger partial charge >= 0.3 is 23.9 Å². The molecule has 2 rings (SSSR count). The molecule has 0 atom stereocenters. The number of carbonyl (C=O) groups excluding carboxylic acids is 4. The van der Waals surface area contributed by atoms with Gasteiger partial charge in [0, 0.05) is 25.0 Å². The predicted molar refractivity (Wildman–Crippen MR) is 181 cm³/mol. The smallest absolute Gasteiger partial charge is 0.338 e. The molecule has 0 radical (unpaired) electrons. The molecule has 0 aromatic heterocycles. The Morgan fingerprint density at radius 2 is 0.913 bits per heavy atom. The van der Waals surface area contributed by atoms with E-state index in [0.29, 0.717) is 54.9 Å². The summed E-state index contributed by atoms with van der Waals surface area (Å²) in [6.45, 7) is 7.07. The van der Waals surface area contributed by atoms with Gasteiger partial charge in [-0.15, -0.1) is 0 Å². The fraction of sp³-hybridized carbons (Fsp3) is 0.459.